The molecule has 1 saturated carbocycles. The van der Waals surface area contributed by atoms with Gasteiger partial charge < -0.3 is 10.6 Å². The van der Waals surface area contributed by atoms with Crippen LogP contribution >= 0.6 is 0 Å². The van der Waals surface area contributed by atoms with E-state index >= 15 is 0 Å². The maximum atomic E-state index is 12.6. The van der Waals surface area contributed by atoms with Crippen molar-refractivity contribution in [2.45, 2.75) is 26.3 Å². The number of rotatable bonds is 3. The standard InChI is InChI=1S/C19H23N3O/c1-11-4-5-13-12(8-11)6-7-21-17(13)19(2,3)22-18(23)16-14-9-20-10-15(14)16/h4-8,14-16,20H,9-10H2,1-3H3,(H,22,23). The molecule has 0 radical (unpaired) electrons. The molecule has 1 amide bonds. The summed E-state index contributed by atoms with van der Waals surface area (Å²) in [5.41, 5.74) is 1.69. The first-order valence-electron chi connectivity index (χ1n) is 8.36. The number of aryl methyl sites for hydroxylation is 1. The molecule has 4 nitrogen and oxygen atoms in total. The summed E-state index contributed by atoms with van der Waals surface area (Å²) >= 11 is 0. The number of piperidine rings is 1. The van der Waals surface area contributed by atoms with Gasteiger partial charge in [-0.3, -0.25) is 9.78 Å². The van der Waals surface area contributed by atoms with Crippen molar-refractivity contribution in [2.24, 2.45) is 17.8 Å². The molecule has 23 heavy (non-hydrogen) atoms. The monoisotopic (exact) mass is 309 g/mol. The normalized spacial score (nSPS) is 26.1. The molecule has 2 N–H and O–H groups in total. The molecule has 2 fully saturated rings. The number of aromatic nitrogens is 1. The molecule has 4 rings (SSSR count). The van der Waals surface area contributed by atoms with Crippen molar-refractivity contribution in [2.75, 3.05) is 13.1 Å². The molecule has 1 aliphatic carbocycles. The molecule has 1 aliphatic heterocycles. The third-order valence-electron chi connectivity index (χ3n) is 5.34. The molecule has 2 aliphatic rings. The van der Waals surface area contributed by atoms with Gasteiger partial charge >= 0.3 is 0 Å². The van der Waals surface area contributed by atoms with Crippen molar-refractivity contribution in [3.8, 4) is 0 Å². The van der Waals surface area contributed by atoms with Gasteiger partial charge in [0.25, 0.3) is 0 Å². The van der Waals surface area contributed by atoms with Crippen molar-refractivity contribution in [1.82, 2.24) is 15.6 Å². The zero-order valence-corrected chi connectivity index (χ0v) is 13.9. The number of fused-ring (bicyclic) bond motifs is 2. The molecule has 2 atom stereocenters. The SMILES string of the molecule is Cc1ccc2c(C(C)(C)NC(=O)C3C4CNCC43)nccc2c1. The van der Waals surface area contributed by atoms with Gasteiger partial charge in [-0.05, 0) is 57.1 Å². The third kappa shape index (κ3) is 2.41. The first kappa shape index (κ1) is 14.6. The Kier molecular flexibility index (Phi) is 3.20. The van der Waals surface area contributed by atoms with E-state index < -0.39 is 5.54 Å². The van der Waals surface area contributed by atoms with Gasteiger partial charge in [0.2, 0.25) is 5.91 Å². The fraction of sp³-hybridized carbons (Fsp3) is 0.474. The molecule has 1 aromatic carbocycles. The van der Waals surface area contributed by atoms with Crippen molar-refractivity contribution in [3.63, 3.8) is 0 Å². The lowest BCUT2D eigenvalue weighted by molar-refractivity contribution is -0.124. The van der Waals surface area contributed by atoms with Gasteiger partial charge in [0.15, 0.2) is 0 Å². The lowest BCUT2D eigenvalue weighted by Crippen LogP contribution is -2.43. The third-order valence-corrected chi connectivity index (χ3v) is 5.34. The van der Waals surface area contributed by atoms with Crippen LogP contribution in [0.2, 0.25) is 0 Å². The molecule has 120 valence electrons. The van der Waals surface area contributed by atoms with Crippen molar-refractivity contribution < 1.29 is 4.79 Å². The van der Waals surface area contributed by atoms with Crippen LogP contribution < -0.4 is 10.6 Å². The number of nitrogens with zero attached hydrogens (tertiary/aromatic N) is 1. The number of carbonyl (C=O) groups excluding carboxylic acids is 1. The summed E-state index contributed by atoms with van der Waals surface area (Å²) in [6.45, 7) is 8.14. The number of nitrogens with one attached hydrogen (secondary N) is 2. The molecule has 2 aromatic rings. The van der Waals surface area contributed by atoms with Gasteiger partial charge in [-0.25, -0.2) is 0 Å². The maximum Gasteiger partial charge on any atom is 0.224 e. The van der Waals surface area contributed by atoms with Gasteiger partial charge in [0, 0.05) is 17.5 Å². The molecule has 4 heteroatoms. The number of pyridine rings is 1. The fourth-order valence-electron chi connectivity index (χ4n) is 4.05. The Morgan fingerprint density at radius 2 is 2.00 bits per heavy atom. The Morgan fingerprint density at radius 1 is 1.26 bits per heavy atom. The van der Waals surface area contributed by atoms with Gasteiger partial charge in [-0.1, -0.05) is 23.8 Å². The lowest BCUT2D eigenvalue weighted by Gasteiger charge is -2.27. The molecule has 1 saturated heterocycles. The Morgan fingerprint density at radius 3 is 2.74 bits per heavy atom. The highest BCUT2D eigenvalue weighted by Crippen LogP contribution is 2.49. The van der Waals surface area contributed by atoms with E-state index in [-0.39, 0.29) is 11.8 Å². The maximum absolute atomic E-state index is 12.6. The van der Waals surface area contributed by atoms with Crippen LogP contribution in [0.25, 0.3) is 10.8 Å². The molecular weight excluding hydrogens is 286 g/mol. The summed E-state index contributed by atoms with van der Waals surface area (Å²) in [6, 6.07) is 8.40. The van der Waals surface area contributed by atoms with E-state index in [0.717, 1.165) is 24.2 Å². The summed E-state index contributed by atoms with van der Waals surface area (Å²) in [5.74, 6) is 1.44. The van der Waals surface area contributed by atoms with Crippen LogP contribution in [0, 0.1) is 24.7 Å². The van der Waals surface area contributed by atoms with Crippen LogP contribution in [0.1, 0.15) is 25.1 Å². The van der Waals surface area contributed by atoms with E-state index in [1.807, 2.05) is 26.1 Å². The highest BCUT2D eigenvalue weighted by atomic mass is 16.2. The van der Waals surface area contributed by atoms with Crippen LogP contribution in [-0.4, -0.2) is 24.0 Å². The number of benzene rings is 1. The quantitative estimate of drug-likeness (QED) is 0.915. The van der Waals surface area contributed by atoms with E-state index in [1.165, 1.54) is 10.9 Å². The zero-order chi connectivity index (χ0) is 16.2. The minimum atomic E-state index is -0.476. The van der Waals surface area contributed by atoms with E-state index in [9.17, 15) is 4.79 Å². The average molecular weight is 309 g/mol. The van der Waals surface area contributed by atoms with E-state index in [2.05, 4.69) is 40.7 Å². The Labute approximate surface area is 136 Å². The van der Waals surface area contributed by atoms with Crippen LogP contribution in [0.5, 0.6) is 0 Å². The minimum absolute atomic E-state index is 0.178. The molecular formula is C19H23N3O. The van der Waals surface area contributed by atoms with Crippen LogP contribution in [0.3, 0.4) is 0 Å². The van der Waals surface area contributed by atoms with Gasteiger partial charge in [-0.2, -0.15) is 0 Å². The number of carbonyl (C=O) groups is 1. The predicted octanol–water partition coefficient (Wildman–Crippen LogP) is 2.36. The summed E-state index contributed by atoms with van der Waals surface area (Å²) in [4.78, 5) is 17.2. The van der Waals surface area contributed by atoms with Gasteiger partial charge in [0.1, 0.15) is 0 Å². The number of hydrogen-bond donors (Lipinski definition) is 2. The van der Waals surface area contributed by atoms with Gasteiger partial charge in [0.05, 0.1) is 11.2 Å². The topological polar surface area (TPSA) is 54.0 Å². The molecule has 0 bridgehead atoms. The summed E-state index contributed by atoms with van der Waals surface area (Å²) < 4.78 is 0. The first-order valence-corrected chi connectivity index (χ1v) is 8.36. The largest absolute Gasteiger partial charge is 0.345 e. The Hall–Kier alpha value is -1.94. The van der Waals surface area contributed by atoms with Crippen LogP contribution in [0.15, 0.2) is 30.5 Å². The molecule has 2 heterocycles. The second-order valence-electron chi connectivity index (χ2n) is 7.51. The smallest absolute Gasteiger partial charge is 0.224 e. The van der Waals surface area contributed by atoms with E-state index in [1.54, 1.807) is 0 Å². The van der Waals surface area contributed by atoms with Crippen molar-refractivity contribution >= 4 is 16.7 Å². The van der Waals surface area contributed by atoms with Crippen molar-refractivity contribution in [1.29, 1.82) is 0 Å². The van der Waals surface area contributed by atoms with Crippen molar-refractivity contribution in [3.05, 3.63) is 41.7 Å². The van der Waals surface area contributed by atoms with Gasteiger partial charge in [-0.15, -0.1) is 0 Å². The zero-order valence-electron chi connectivity index (χ0n) is 13.9. The summed E-state index contributed by atoms with van der Waals surface area (Å²) in [5, 5.41) is 8.86. The number of amides is 1. The fourth-order valence-corrected chi connectivity index (χ4v) is 4.05. The van der Waals surface area contributed by atoms with Crippen LogP contribution in [0.4, 0.5) is 0 Å². The Bertz CT molecular complexity index is 773. The Balaban J connectivity index is 1.62. The molecule has 0 spiro atoms. The average Bonchev–Trinajstić information content (AvgIpc) is 2.99. The second-order valence-corrected chi connectivity index (χ2v) is 7.51. The highest BCUT2D eigenvalue weighted by molar-refractivity contribution is 5.88. The van der Waals surface area contributed by atoms with E-state index in [4.69, 9.17) is 0 Å². The summed E-state index contributed by atoms with van der Waals surface area (Å²) in [6.07, 6.45) is 1.83. The second kappa shape index (κ2) is 5.03. The summed E-state index contributed by atoms with van der Waals surface area (Å²) in [7, 11) is 0. The molecule has 1 aromatic heterocycles. The molecule has 2 unspecified atom stereocenters. The van der Waals surface area contributed by atoms with E-state index in [0.29, 0.717) is 11.8 Å². The first-order chi connectivity index (χ1) is 11.0. The highest BCUT2D eigenvalue weighted by Gasteiger charge is 2.57. The predicted molar refractivity (Wildman–Crippen MR) is 91.0 cm³/mol. The minimum Gasteiger partial charge on any atom is -0.345 e. The lowest BCUT2D eigenvalue weighted by atomic mass is 9.93. The number of hydrogen-bond acceptors (Lipinski definition) is 3. The van der Waals surface area contributed by atoms with Crippen LogP contribution in [-0.2, 0) is 10.3 Å².